The Bertz CT molecular complexity index is 265. The van der Waals surface area contributed by atoms with E-state index in [1.165, 1.54) is 0 Å². The van der Waals surface area contributed by atoms with Gasteiger partial charge in [0.15, 0.2) is 0 Å². The topological polar surface area (TPSA) is 142 Å². The van der Waals surface area contributed by atoms with E-state index in [9.17, 15) is 10.2 Å². The molecule has 2 unspecified atom stereocenters. The Balaban J connectivity index is -0.000000301. The highest BCUT2D eigenvalue weighted by Gasteiger charge is 2.29. The van der Waals surface area contributed by atoms with Crippen molar-refractivity contribution in [2.24, 2.45) is 22.7 Å². The molecule has 7 nitrogen and oxygen atoms in total. The van der Waals surface area contributed by atoms with Crippen molar-refractivity contribution in [3.8, 4) is 0 Å². The van der Waals surface area contributed by atoms with Gasteiger partial charge < -0.3 is 35.5 Å². The second-order valence-corrected chi connectivity index (χ2v) is 8.02. The van der Waals surface area contributed by atoms with Crippen LogP contribution in [-0.2, 0) is 0 Å². The molecular formula is C16H39BO7. The third-order valence-electron chi connectivity index (χ3n) is 3.68. The number of hydrogen-bond acceptors (Lipinski definition) is 7. The van der Waals surface area contributed by atoms with Gasteiger partial charge in [0.2, 0.25) is 0 Å². The smallest absolute Gasteiger partial charge is 0.402 e. The summed E-state index contributed by atoms with van der Waals surface area (Å²) in [5, 5.41) is 58.2. The SMILES string of the molecule is CC(C)C(O)C(C)(C)CO.CC(C)C(O)C(C)(C)CO.OB(O)O. The minimum Gasteiger partial charge on any atom is -0.402 e. The molecule has 0 aliphatic rings. The Hall–Kier alpha value is -0.215. The van der Waals surface area contributed by atoms with Crippen molar-refractivity contribution in [3.05, 3.63) is 0 Å². The molecule has 0 aromatic carbocycles. The molecule has 0 spiro atoms. The minimum absolute atomic E-state index is 0.0341. The van der Waals surface area contributed by atoms with E-state index in [2.05, 4.69) is 0 Å². The van der Waals surface area contributed by atoms with Gasteiger partial charge in [-0.05, 0) is 11.8 Å². The van der Waals surface area contributed by atoms with Gasteiger partial charge in [-0.25, -0.2) is 0 Å². The molecule has 0 heterocycles. The first-order chi connectivity index (χ1) is 10.6. The molecule has 0 aromatic rings. The first-order valence-corrected chi connectivity index (χ1v) is 8.18. The molecule has 0 aromatic heterocycles. The Kier molecular flexibility index (Phi) is 15.5. The second kappa shape index (κ2) is 13.1. The summed E-state index contributed by atoms with van der Waals surface area (Å²) in [4.78, 5) is 0. The van der Waals surface area contributed by atoms with E-state index in [0.717, 1.165) is 0 Å². The van der Waals surface area contributed by atoms with Crippen LogP contribution in [-0.4, -0.2) is 68.2 Å². The maximum Gasteiger partial charge on any atom is 0.631 e. The van der Waals surface area contributed by atoms with Crippen molar-refractivity contribution < 1.29 is 35.5 Å². The van der Waals surface area contributed by atoms with E-state index >= 15 is 0 Å². The predicted octanol–water partition coefficient (Wildman–Crippen LogP) is -0.00820. The normalized spacial score (nSPS) is 14.4. The third kappa shape index (κ3) is 14.2. The van der Waals surface area contributed by atoms with Crippen LogP contribution >= 0.6 is 0 Å². The average molecular weight is 354 g/mol. The van der Waals surface area contributed by atoms with E-state index in [0.29, 0.717) is 0 Å². The van der Waals surface area contributed by atoms with E-state index in [-0.39, 0.29) is 35.9 Å². The van der Waals surface area contributed by atoms with Crippen molar-refractivity contribution in [1.82, 2.24) is 0 Å². The Morgan fingerprint density at radius 3 is 0.875 bits per heavy atom. The molecule has 0 aliphatic heterocycles. The number of aliphatic hydroxyl groups is 4. The minimum atomic E-state index is -2.17. The fourth-order valence-electron chi connectivity index (χ4n) is 1.99. The van der Waals surface area contributed by atoms with Crippen molar-refractivity contribution in [1.29, 1.82) is 0 Å². The van der Waals surface area contributed by atoms with E-state index in [4.69, 9.17) is 25.3 Å². The molecule has 0 radical (unpaired) electrons. The molecule has 24 heavy (non-hydrogen) atoms. The number of hydrogen-bond donors (Lipinski definition) is 7. The fraction of sp³-hybridized carbons (Fsp3) is 1.00. The monoisotopic (exact) mass is 354 g/mol. The van der Waals surface area contributed by atoms with Crippen LogP contribution < -0.4 is 0 Å². The number of rotatable bonds is 6. The van der Waals surface area contributed by atoms with Gasteiger partial charge in [-0.15, -0.1) is 0 Å². The van der Waals surface area contributed by atoms with Gasteiger partial charge in [0.05, 0.1) is 25.4 Å². The van der Waals surface area contributed by atoms with Crippen LogP contribution in [0.3, 0.4) is 0 Å². The zero-order valence-electron chi connectivity index (χ0n) is 16.4. The van der Waals surface area contributed by atoms with E-state index in [1.807, 2.05) is 55.4 Å². The summed E-state index contributed by atoms with van der Waals surface area (Å²) in [7, 11) is -2.17. The molecule has 148 valence electrons. The first-order valence-electron chi connectivity index (χ1n) is 8.18. The van der Waals surface area contributed by atoms with Crippen molar-refractivity contribution in [2.75, 3.05) is 13.2 Å². The van der Waals surface area contributed by atoms with Crippen LogP contribution in [0, 0.1) is 22.7 Å². The first kappa shape index (κ1) is 28.6. The molecule has 0 amide bonds. The van der Waals surface area contributed by atoms with Gasteiger partial charge in [0.1, 0.15) is 0 Å². The summed E-state index contributed by atoms with van der Waals surface area (Å²) in [6, 6.07) is 0. The van der Waals surface area contributed by atoms with Gasteiger partial charge in [-0.1, -0.05) is 55.4 Å². The lowest BCUT2D eigenvalue weighted by atomic mass is 9.82. The lowest BCUT2D eigenvalue weighted by molar-refractivity contribution is -0.0204. The zero-order valence-corrected chi connectivity index (χ0v) is 16.4. The van der Waals surface area contributed by atoms with E-state index < -0.39 is 19.5 Å². The Morgan fingerprint density at radius 1 is 0.667 bits per heavy atom. The molecule has 8 heteroatoms. The highest BCUT2D eigenvalue weighted by Crippen LogP contribution is 2.25. The maximum absolute atomic E-state index is 9.49. The third-order valence-corrected chi connectivity index (χ3v) is 3.68. The highest BCUT2D eigenvalue weighted by molar-refractivity contribution is 6.30. The van der Waals surface area contributed by atoms with Crippen LogP contribution in [0.25, 0.3) is 0 Å². The van der Waals surface area contributed by atoms with Crippen LogP contribution in [0.15, 0.2) is 0 Å². The Labute approximate surface area is 147 Å². The molecule has 0 rings (SSSR count). The standard InChI is InChI=1S/2C8H18O2.BH3O3/c2*1-6(2)7(10)8(3,4)5-9;2-1(3)4/h2*6-7,9-10H,5H2,1-4H3;2-4H. The molecule has 0 saturated carbocycles. The largest absolute Gasteiger partial charge is 0.631 e. The van der Waals surface area contributed by atoms with Crippen LogP contribution in [0.1, 0.15) is 55.4 Å². The molecule has 0 aliphatic carbocycles. The summed E-state index contributed by atoms with van der Waals surface area (Å²) in [5.74, 6) is 0.421. The Morgan fingerprint density at radius 2 is 0.833 bits per heavy atom. The van der Waals surface area contributed by atoms with Crippen LogP contribution in [0.4, 0.5) is 0 Å². The van der Waals surface area contributed by atoms with Gasteiger partial charge >= 0.3 is 7.32 Å². The summed E-state index contributed by atoms with van der Waals surface area (Å²) < 4.78 is 0. The molecule has 7 N–H and O–H groups in total. The molecule has 0 saturated heterocycles. The van der Waals surface area contributed by atoms with Gasteiger partial charge in [0.25, 0.3) is 0 Å². The quantitative estimate of drug-likeness (QED) is 0.333. The van der Waals surface area contributed by atoms with Crippen molar-refractivity contribution >= 4 is 7.32 Å². The van der Waals surface area contributed by atoms with Crippen LogP contribution in [0.5, 0.6) is 0 Å². The summed E-state index contributed by atoms with van der Waals surface area (Å²) >= 11 is 0. The summed E-state index contributed by atoms with van der Waals surface area (Å²) in [6.07, 6.45) is -0.838. The van der Waals surface area contributed by atoms with Gasteiger partial charge in [0, 0.05) is 10.8 Å². The van der Waals surface area contributed by atoms with E-state index in [1.54, 1.807) is 0 Å². The van der Waals surface area contributed by atoms with Crippen LogP contribution in [0.2, 0.25) is 0 Å². The van der Waals surface area contributed by atoms with Gasteiger partial charge in [-0.2, -0.15) is 0 Å². The highest BCUT2D eigenvalue weighted by atomic mass is 16.5. The lowest BCUT2D eigenvalue weighted by Gasteiger charge is -2.30. The summed E-state index contributed by atoms with van der Waals surface area (Å²) in [5.41, 5.74) is -0.734. The van der Waals surface area contributed by atoms with Crippen molar-refractivity contribution in [2.45, 2.75) is 67.6 Å². The zero-order chi connectivity index (χ0) is 20.3. The van der Waals surface area contributed by atoms with Crippen molar-refractivity contribution in [3.63, 3.8) is 0 Å². The fourth-order valence-corrected chi connectivity index (χ4v) is 1.99. The average Bonchev–Trinajstić information content (AvgIpc) is 2.45. The number of aliphatic hydroxyl groups excluding tert-OH is 4. The second-order valence-electron chi connectivity index (χ2n) is 8.02. The molecule has 2 atom stereocenters. The molecular weight excluding hydrogens is 315 g/mol. The summed E-state index contributed by atoms with van der Waals surface area (Å²) in [6.45, 7) is 15.3. The van der Waals surface area contributed by atoms with Gasteiger partial charge in [-0.3, -0.25) is 0 Å². The molecule has 0 bridgehead atoms. The maximum atomic E-state index is 9.49. The molecule has 0 fully saturated rings. The lowest BCUT2D eigenvalue weighted by Crippen LogP contribution is -2.36. The predicted molar refractivity (Wildman–Crippen MR) is 95.8 cm³/mol.